The largest absolute Gasteiger partial charge is 0.379 e. The molecule has 0 aromatic heterocycles. The quantitative estimate of drug-likeness (QED) is 0.785. The molecule has 1 aromatic carbocycles. The van der Waals surface area contributed by atoms with E-state index in [1.807, 2.05) is 45.0 Å². The molecule has 1 aromatic rings. The molecule has 1 aliphatic heterocycles. The molecular weight excluding hydrogens is 292 g/mol. The van der Waals surface area contributed by atoms with E-state index in [9.17, 15) is 9.59 Å². The van der Waals surface area contributed by atoms with Crippen LogP contribution in [-0.2, 0) is 20.7 Å². The van der Waals surface area contributed by atoms with Crippen LogP contribution in [0.5, 0.6) is 0 Å². The van der Waals surface area contributed by atoms with E-state index < -0.39 is 6.04 Å². The van der Waals surface area contributed by atoms with E-state index in [1.165, 1.54) is 0 Å². The van der Waals surface area contributed by atoms with Crippen LogP contribution >= 0.6 is 0 Å². The summed E-state index contributed by atoms with van der Waals surface area (Å²) in [4.78, 5) is 26.4. The van der Waals surface area contributed by atoms with Gasteiger partial charge in [0.25, 0.3) is 0 Å². The Labute approximate surface area is 138 Å². The van der Waals surface area contributed by atoms with Gasteiger partial charge in [0, 0.05) is 31.7 Å². The van der Waals surface area contributed by atoms with Crippen LogP contribution in [0.3, 0.4) is 0 Å². The molecule has 1 aliphatic rings. The summed E-state index contributed by atoms with van der Waals surface area (Å²) in [6.45, 7) is 6.99. The topological polar surface area (TPSA) is 58.6 Å². The minimum atomic E-state index is -0.439. The molecule has 0 unspecified atom stereocenters. The summed E-state index contributed by atoms with van der Waals surface area (Å²) in [5, 5.41) is 2.93. The molecule has 1 heterocycles. The van der Waals surface area contributed by atoms with E-state index in [0.29, 0.717) is 26.0 Å². The number of benzene rings is 1. The number of ether oxygens (including phenoxy) is 1. The van der Waals surface area contributed by atoms with Crippen molar-refractivity contribution in [1.82, 2.24) is 5.32 Å². The maximum absolute atomic E-state index is 12.5. The van der Waals surface area contributed by atoms with Crippen molar-refractivity contribution in [3.05, 3.63) is 29.8 Å². The Kier molecular flexibility index (Phi) is 6.16. The van der Waals surface area contributed by atoms with Gasteiger partial charge in [0.1, 0.15) is 6.04 Å². The van der Waals surface area contributed by atoms with Gasteiger partial charge < -0.3 is 10.1 Å². The fourth-order valence-corrected chi connectivity index (χ4v) is 2.79. The molecule has 5 nitrogen and oxygen atoms in total. The van der Waals surface area contributed by atoms with Crippen molar-refractivity contribution >= 4 is 17.5 Å². The second-order valence-electron chi connectivity index (χ2n) is 6.03. The van der Waals surface area contributed by atoms with E-state index in [1.54, 1.807) is 4.90 Å². The maximum Gasteiger partial charge on any atom is 0.243 e. The molecule has 0 bridgehead atoms. The summed E-state index contributed by atoms with van der Waals surface area (Å²) < 4.78 is 5.46. The van der Waals surface area contributed by atoms with Gasteiger partial charge in [-0.15, -0.1) is 0 Å². The van der Waals surface area contributed by atoms with Crippen molar-refractivity contribution in [3.63, 3.8) is 0 Å². The average Bonchev–Trinajstić information content (AvgIpc) is 2.93. The first-order valence-corrected chi connectivity index (χ1v) is 8.33. The van der Waals surface area contributed by atoms with Gasteiger partial charge in [-0.3, -0.25) is 14.5 Å². The Morgan fingerprint density at radius 1 is 1.35 bits per heavy atom. The van der Waals surface area contributed by atoms with Crippen molar-refractivity contribution in [1.29, 1.82) is 0 Å². The number of amides is 2. The molecule has 23 heavy (non-hydrogen) atoms. The molecule has 0 radical (unpaired) electrons. The predicted molar refractivity (Wildman–Crippen MR) is 90.4 cm³/mol. The van der Waals surface area contributed by atoms with Crippen molar-refractivity contribution in [2.24, 2.45) is 0 Å². The van der Waals surface area contributed by atoms with E-state index in [4.69, 9.17) is 4.74 Å². The SMILES string of the molecule is CCC(=O)N1c2ccccc2C[C@H]1C(=O)NCCCOC(C)C. The van der Waals surface area contributed by atoms with Gasteiger partial charge in [0.15, 0.2) is 0 Å². The van der Waals surface area contributed by atoms with E-state index in [0.717, 1.165) is 17.7 Å². The Hall–Kier alpha value is -1.88. The number of carbonyl (C=O) groups excluding carboxylic acids is 2. The van der Waals surface area contributed by atoms with Crippen molar-refractivity contribution in [2.75, 3.05) is 18.1 Å². The molecule has 0 spiro atoms. The van der Waals surface area contributed by atoms with Gasteiger partial charge in [0.2, 0.25) is 11.8 Å². The second kappa shape index (κ2) is 8.11. The normalized spacial score (nSPS) is 16.5. The van der Waals surface area contributed by atoms with Crippen LogP contribution in [0, 0.1) is 0 Å². The Morgan fingerprint density at radius 2 is 2.09 bits per heavy atom. The first kappa shape index (κ1) is 17.5. The fraction of sp³-hybridized carbons (Fsp3) is 0.556. The van der Waals surface area contributed by atoms with Crippen LogP contribution in [0.15, 0.2) is 24.3 Å². The third-order valence-electron chi connectivity index (χ3n) is 3.92. The van der Waals surface area contributed by atoms with Crippen molar-refractivity contribution in [3.8, 4) is 0 Å². The monoisotopic (exact) mass is 318 g/mol. The van der Waals surface area contributed by atoms with Crippen LogP contribution in [-0.4, -0.2) is 37.1 Å². The lowest BCUT2D eigenvalue weighted by molar-refractivity contribution is -0.126. The molecule has 2 rings (SSSR count). The Morgan fingerprint density at radius 3 is 2.78 bits per heavy atom. The van der Waals surface area contributed by atoms with Gasteiger partial charge in [0.05, 0.1) is 6.10 Å². The van der Waals surface area contributed by atoms with Crippen LogP contribution in [0.1, 0.15) is 39.2 Å². The van der Waals surface area contributed by atoms with Crippen molar-refractivity contribution in [2.45, 2.75) is 52.2 Å². The molecule has 1 N–H and O–H groups in total. The zero-order valence-corrected chi connectivity index (χ0v) is 14.2. The standard InChI is InChI=1S/C18H26N2O3/c1-4-17(21)20-15-9-6-5-8-14(15)12-16(20)18(22)19-10-7-11-23-13(2)3/h5-6,8-9,13,16H,4,7,10-12H2,1-3H3,(H,19,22)/t16-/m0/s1. The number of hydrogen-bond donors (Lipinski definition) is 1. The zero-order chi connectivity index (χ0) is 16.8. The zero-order valence-electron chi connectivity index (χ0n) is 14.2. The van der Waals surface area contributed by atoms with Gasteiger partial charge in [-0.25, -0.2) is 0 Å². The van der Waals surface area contributed by atoms with Gasteiger partial charge in [-0.05, 0) is 31.9 Å². The van der Waals surface area contributed by atoms with E-state index >= 15 is 0 Å². The fourth-order valence-electron chi connectivity index (χ4n) is 2.79. The van der Waals surface area contributed by atoms with E-state index in [2.05, 4.69) is 5.32 Å². The summed E-state index contributed by atoms with van der Waals surface area (Å²) in [6, 6.07) is 7.29. The highest BCUT2D eigenvalue weighted by molar-refractivity contribution is 6.03. The van der Waals surface area contributed by atoms with Crippen molar-refractivity contribution < 1.29 is 14.3 Å². The molecule has 2 amide bonds. The average molecular weight is 318 g/mol. The highest BCUT2D eigenvalue weighted by atomic mass is 16.5. The number of para-hydroxylation sites is 1. The predicted octanol–water partition coefficient (Wildman–Crippen LogP) is 2.29. The number of carbonyl (C=O) groups is 2. The number of anilines is 1. The number of nitrogens with one attached hydrogen (secondary N) is 1. The molecule has 0 aliphatic carbocycles. The molecule has 1 atom stereocenters. The summed E-state index contributed by atoms with van der Waals surface area (Å²) in [5.41, 5.74) is 1.92. The smallest absolute Gasteiger partial charge is 0.243 e. The van der Waals surface area contributed by atoms with Crippen LogP contribution < -0.4 is 10.2 Å². The highest BCUT2D eigenvalue weighted by Crippen LogP contribution is 2.32. The number of rotatable bonds is 7. The van der Waals surface area contributed by atoms with Gasteiger partial charge in [-0.2, -0.15) is 0 Å². The number of hydrogen-bond acceptors (Lipinski definition) is 3. The Bertz CT molecular complexity index is 557. The Balaban J connectivity index is 1.95. The first-order chi connectivity index (χ1) is 11.0. The summed E-state index contributed by atoms with van der Waals surface area (Å²) >= 11 is 0. The molecule has 0 fully saturated rings. The van der Waals surface area contributed by atoms with Gasteiger partial charge in [-0.1, -0.05) is 25.1 Å². The molecule has 0 saturated carbocycles. The first-order valence-electron chi connectivity index (χ1n) is 8.33. The number of nitrogens with zero attached hydrogens (tertiary/aromatic N) is 1. The van der Waals surface area contributed by atoms with Crippen LogP contribution in [0.4, 0.5) is 5.69 Å². The summed E-state index contributed by atoms with van der Waals surface area (Å²) in [6.07, 6.45) is 1.94. The lowest BCUT2D eigenvalue weighted by Crippen LogP contribution is -2.48. The second-order valence-corrected chi connectivity index (χ2v) is 6.03. The van der Waals surface area contributed by atoms with Gasteiger partial charge >= 0.3 is 0 Å². The molecule has 0 saturated heterocycles. The van der Waals surface area contributed by atoms with Crippen LogP contribution in [0.2, 0.25) is 0 Å². The third-order valence-corrected chi connectivity index (χ3v) is 3.92. The molecular formula is C18H26N2O3. The van der Waals surface area contributed by atoms with E-state index in [-0.39, 0.29) is 17.9 Å². The number of fused-ring (bicyclic) bond motifs is 1. The molecule has 126 valence electrons. The third kappa shape index (κ3) is 4.32. The highest BCUT2D eigenvalue weighted by Gasteiger charge is 2.37. The minimum Gasteiger partial charge on any atom is -0.379 e. The van der Waals surface area contributed by atoms with Crippen LogP contribution in [0.25, 0.3) is 0 Å². The lowest BCUT2D eigenvalue weighted by Gasteiger charge is -2.24. The maximum atomic E-state index is 12.5. The molecule has 5 heteroatoms. The minimum absolute atomic E-state index is 0.0155. The summed E-state index contributed by atoms with van der Waals surface area (Å²) in [7, 11) is 0. The lowest BCUT2D eigenvalue weighted by atomic mass is 10.1. The summed E-state index contributed by atoms with van der Waals surface area (Å²) in [5.74, 6) is -0.106.